The first-order valence-electron chi connectivity index (χ1n) is 17.2. The van der Waals surface area contributed by atoms with E-state index in [4.69, 9.17) is 0 Å². The molecule has 0 saturated carbocycles. The molecule has 0 aromatic heterocycles. The van der Waals surface area contributed by atoms with Crippen molar-refractivity contribution in [2.24, 2.45) is 9.98 Å². The standard InChI is InChI=1S/C38H56N6O4/c1-27(45)43-15-11-41(12-16-43)25-31-21-33(37(3,4)5)19-29(35(31)47)23-39-9-10-40-24-30-20-34(38(6,7)8)22-32(36(30)48)26-42-13-17-44(18-14-42)28(2)46/h19-24,47-48H,9-18,25-26H2,1-8H3. The van der Waals surface area contributed by atoms with Crippen molar-refractivity contribution >= 4 is 24.2 Å². The normalized spacial score (nSPS) is 17.2. The fraction of sp³-hybridized carbons (Fsp3) is 0.579. The Bertz CT molecular complexity index is 1390. The van der Waals surface area contributed by atoms with Crippen molar-refractivity contribution in [1.82, 2.24) is 19.6 Å². The van der Waals surface area contributed by atoms with Crippen LogP contribution < -0.4 is 0 Å². The molecule has 2 aromatic rings. The Balaban J connectivity index is 1.44. The molecule has 0 bridgehead atoms. The number of carbonyl (C=O) groups excluding carboxylic acids is 2. The van der Waals surface area contributed by atoms with E-state index in [0.29, 0.717) is 63.5 Å². The quantitative estimate of drug-likeness (QED) is 0.302. The van der Waals surface area contributed by atoms with Crippen LogP contribution in [-0.2, 0) is 33.5 Å². The summed E-state index contributed by atoms with van der Waals surface area (Å²) in [5.74, 6) is 0.686. The molecule has 0 spiro atoms. The number of phenols is 2. The Morgan fingerprint density at radius 2 is 0.958 bits per heavy atom. The summed E-state index contributed by atoms with van der Waals surface area (Å²) in [6.45, 7) is 24.2. The number of nitrogens with zero attached hydrogens (tertiary/aromatic N) is 6. The number of carbonyl (C=O) groups is 2. The molecule has 2 fully saturated rings. The highest BCUT2D eigenvalue weighted by Crippen LogP contribution is 2.33. The van der Waals surface area contributed by atoms with Gasteiger partial charge in [-0.25, -0.2) is 0 Å². The van der Waals surface area contributed by atoms with E-state index < -0.39 is 0 Å². The number of rotatable bonds is 9. The van der Waals surface area contributed by atoms with Gasteiger partial charge in [-0.1, -0.05) is 53.7 Å². The number of hydrogen-bond donors (Lipinski definition) is 2. The summed E-state index contributed by atoms with van der Waals surface area (Å²) in [5, 5.41) is 22.5. The molecule has 0 radical (unpaired) electrons. The second kappa shape index (κ2) is 15.6. The molecule has 10 heteroatoms. The maximum atomic E-state index is 11.7. The lowest BCUT2D eigenvalue weighted by Gasteiger charge is -2.34. The second-order valence-electron chi connectivity index (χ2n) is 15.3. The molecule has 2 heterocycles. The van der Waals surface area contributed by atoms with E-state index in [1.807, 2.05) is 21.9 Å². The van der Waals surface area contributed by atoms with Gasteiger partial charge in [0.1, 0.15) is 11.5 Å². The highest BCUT2D eigenvalue weighted by Gasteiger charge is 2.24. The van der Waals surface area contributed by atoms with E-state index in [-0.39, 0.29) is 34.1 Å². The Morgan fingerprint density at radius 1 is 0.625 bits per heavy atom. The summed E-state index contributed by atoms with van der Waals surface area (Å²) >= 11 is 0. The molecular formula is C38H56N6O4. The topological polar surface area (TPSA) is 112 Å². The summed E-state index contributed by atoms with van der Waals surface area (Å²) < 4.78 is 0. The molecule has 10 nitrogen and oxygen atoms in total. The van der Waals surface area contributed by atoms with Crippen LogP contribution in [0.15, 0.2) is 34.3 Å². The molecule has 262 valence electrons. The van der Waals surface area contributed by atoms with E-state index >= 15 is 0 Å². The summed E-state index contributed by atoms with van der Waals surface area (Å²) in [6.07, 6.45) is 3.47. The first-order chi connectivity index (χ1) is 22.5. The summed E-state index contributed by atoms with van der Waals surface area (Å²) in [5.41, 5.74) is 5.15. The molecule has 0 unspecified atom stereocenters. The van der Waals surface area contributed by atoms with Crippen LogP contribution in [0.5, 0.6) is 11.5 Å². The van der Waals surface area contributed by atoms with Crippen LogP contribution in [0.1, 0.15) is 88.8 Å². The first kappa shape index (κ1) is 37.1. The number of amides is 2. The molecule has 0 atom stereocenters. The largest absolute Gasteiger partial charge is 0.507 e. The van der Waals surface area contributed by atoms with Crippen molar-refractivity contribution < 1.29 is 19.8 Å². The average molecular weight is 661 g/mol. The van der Waals surface area contributed by atoms with Gasteiger partial charge in [0.05, 0.1) is 13.1 Å². The predicted octanol–water partition coefficient (Wildman–Crippen LogP) is 4.56. The van der Waals surface area contributed by atoms with Gasteiger partial charge >= 0.3 is 0 Å². The number of piperazine rings is 2. The van der Waals surface area contributed by atoms with E-state index in [1.165, 1.54) is 0 Å². The maximum Gasteiger partial charge on any atom is 0.219 e. The minimum atomic E-state index is -0.103. The molecule has 2 saturated heterocycles. The number of aromatic hydroxyl groups is 2. The smallest absolute Gasteiger partial charge is 0.219 e. The lowest BCUT2D eigenvalue weighted by atomic mass is 9.84. The third-order valence-electron chi connectivity index (χ3n) is 9.41. The van der Waals surface area contributed by atoms with Crippen molar-refractivity contribution in [3.63, 3.8) is 0 Å². The second-order valence-corrected chi connectivity index (χ2v) is 15.3. The zero-order valence-electron chi connectivity index (χ0n) is 30.3. The zero-order chi connectivity index (χ0) is 35.2. The number of hydrogen-bond acceptors (Lipinski definition) is 8. The minimum Gasteiger partial charge on any atom is -0.507 e. The van der Waals surface area contributed by atoms with Gasteiger partial charge in [-0.2, -0.15) is 0 Å². The van der Waals surface area contributed by atoms with Gasteiger partial charge in [0.2, 0.25) is 11.8 Å². The summed E-state index contributed by atoms with van der Waals surface area (Å²) in [6, 6.07) is 8.20. The van der Waals surface area contributed by atoms with Gasteiger partial charge in [0, 0.05) is 114 Å². The monoisotopic (exact) mass is 660 g/mol. The van der Waals surface area contributed by atoms with E-state index in [2.05, 4.69) is 73.5 Å². The van der Waals surface area contributed by atoms with E-state index in [0.717, 1.165) is 48.4 Å². The van der Waals surface area contributed by atoms with Crippen molar-refractivity contribution in [3.05, 3.63) is 57.6 Å². The molecule has 0 aliphatic carbocycles. The Hall–Kier alpha value is -3.76. The maximum absolute atomic E-state index is 11.7. The van der Waals surface area contributed by atoms with Crippen molar-refractivity contribution in [2.45, 2.75) is 79.3 Å². The van der Waals surface area contributed by atoms with Gasteiger partial charge in [-0.05, 0) is 34.1 Å². The van der Waals surface area contributed by atoms with Gasteiger partial charge < -0.3 is 20.0 Å². The van der Waals surface area contributed by atoms with Crippen molar-refractivity contribution in [2.75, 3.05) is 65.4 Å². The van der Waals surface area contributed by atoms with E-state index in [1.54, 1.807) is 26.3 Å². The third-order valence-corrected chi connectivity index (χ3v) is 9.41. The summed E-state index contributed by atoms with van der Waals surface area (Å²) in [7, 11) is 0. The fourth-order valence-electron chi connectivity index (χ4n) is 6.11. The SMILES string of the molecule is CC(=O)N1CCN(Cc2cc(C(C)(C)C)cc(C=NCCN=Cc3cc(C(C)(C)C)cc(CN4CCN(C(C)=O)CC4)c3O)c2O)CC1. The Labute approximate surface area is 287 Å². The molecular weight excluding hydrogens is 604 g/mol. The van der Waals surface area contributed by atoms with Crippen LogP contribution in [0.2, 0.25) is 0 Å². The van der Waals surface area contributed by atoms with Gasteiger partial charge in [0.25, 0.3) is 0 Å². The molecule has 4 rings (SSSR count). The van der Waals surface area contributed by atoms with Crippen molar-refractivity contribution in [3.8, 4) is 11.5 Å². The molecule has 2 aliphatic heterocycles. The Morgan fingerprint density at radius 3 is 1.25 bits per heavy atom. The minimum absolute atomic E-state index is 0.103. The Kier molecular flexibility index (Phi) is 12.1. The van der Waals surface area contributed by atoms with Crippen LogP contribution in [0.25, 0.3) is 0 Å². The lowest BCUT2D eigenvalue weighted by Crippen LogP contribution is -2.47. The molecule has 2 aliphatic rings. The van der Waals surface area contributed by atoms with Crippen LogP contribution >= 0.6 is 0 Å². The zero-order valence-corrected chi connectivity index (χ0v) is 30.3. The van der Waals surface area contributed by atoms with E-state index in [9.17, 15) is 19.8 Å². The number of phenolic OH excluding ortho intramolecular Hbond substituents is 2. The predicted molar refractivity (Wildman–Crippen MR) is 194 cm³/mol. The lowest BCUT2D eigenvalue weighted by molar-refractivity contribution is -0.131. The molecule has 48 heavy (non-hydrogen) atoms. The average Bonchev–Trinajstić information content (AvgIpc) is 3.01. The van der Waals surface area contributed by atoms with Crippen LogP contribution in [0.4, 0.5) is 0 Å². The highest BCUT2D eigenvalue weighted by molar-refractivity contribution is 5.85. The first-order valence-corrected chi connectivity index (χ1v) is 17.2. The van der Waals surface area contributed by atoms with Gasteiger partial charge in [0.15, 0.2) is 0 Å². The van der Waals surface area contributed by atoms with Gasteiger partial charge in [-0.3, -0.25) is 29.4 Å². The molecule has 2 aromatic carbocycles. The van der Waals surface area contributed by atoms with Crippen molar-refractivity contribution in [1.29, 1.82) is 0 Å². The van der Waals surface area contributed by atoms with Crippen LogP contribution in [0, 0.1) is 0 Å². The molecule has 2 N–H and O–H groups in total. The fourth-order valence-corrected chi connectivity index (χ4v) is 6.11. The molecule has 2 amide bonds. The summed E-state index contributed by atoms with van der Waals surface area (Å²) in [4.78, 5) is 41.0. The number of benzene rings is 2. The van der Waals surface area contributed by atoms with Gasteiger partial charge in [-0.15, -0.1) is 0 Å². The highest BCUT2D eigenvalue weighted by atomic mass is 16.3. The number of aliphatic imine (C=N–C) groups is 2. The third kappa shape index (κ3) is 9.89. The van der Waals surface area contributed by atoms with Crippen LogP contribution in [-0.4, -0.2) is 120 Å². The van der Waals surface area contributed by atoms with Crippen LogP contribution in [0.3, 0.4) is 0 Å².